The van der Waals surface area contributed by atoms with Gasteiger partial charge in [-0.2, -0.15) is 5.10 Å². The van der Waals surface area contributed by atoms with Crippen molar-refractivity contribution in [2.75, 3.05) is 0 Å². The van der Waals surface area contributed by atoms with Gasteiger partial charge in [0.25, 0.3) is 0 Å². The second-order valence-electron chi connectivity index (χ2n) is 2.42. The summed E-state index contributed by atoms with van der Waals surface area (Å²) in [6.45, 7) is 2.67. The third-order valence-electron chi connectivity index (χ3n) is 1.41. The van der Waals surface area contributed by atoms with Crippen molar-refractivity contribution < 1.29 is 0 Å². The molecule has 0 spiro atoms. The molecule has 1 heterocycles. The first-order chi connectivity index (χ1) is 5.20. The lowest BCUT2D eigenvalue weighted by molar-refractivity contribution is 0.541. The Morgan fingerprint density at radius 3 is 3.00 bits per heavy atom. The molecule has 1 atom stereocenters. The smallest absolute Gasteiger partial charge is 0.137 e. The monoisotopic (exact) mass is 170 g/mol. The molecule has 60 valence electrons. The molecular weight excluding hydrogens is 160 g/mol. The summed E-state index contributed by atoms with van der Waals surface area (Å²) in [4.78, 5) is 4.32. The Bertz CT molecular complexity index is 231. The molecule has 0 amide bonds. The molecule has 0 aromatic carbocycles. The highest BCUT2D eigenvalue weighted by atomic mass is 32.1. The highest BCUT2D eigenvalue weighted by molar-refractivity contribution is 7.80. The first kappa shape index (κ1) is 8.13. The molecule has 5 heteroatoms. The molecule has 0 unspecified atom stereocenters. The summed E-state index contributed by atoms with van der Waals surface area (Å²) < 4.78 is 1.71. The fourth-order valence-corrected chi connectivity index (χ4v) is 0.772. The van der Waals surface area contributed by atoms with Gasteiger partial charge in [0.2, 0.25) is 0 Å². The number of hydrogen-bond donors (Lipinski definition) is 1. The molecular formula is C6H10N4S. The Morgan fingerprint density at radius 1 is 1.82 bits per heavy atom. The Morgan fingerprint density at radius 2 is 2.55 bits per heavy atom. The highest BCUT2D eigenvalue weighted by Gasteiger charge is 2.05. The average Bonchev–Trinajstić information content (AvgIpc) is 2.39. The third kappa shape index (κ3) is 2.27. The van der Waals surface area contributed by atoms with Crippen molar-refractivity contribution in [2.45, 2.75) is 13.5 Å². The normalized spacial score (nSPS) is 12.8. The average molecular weight is 170 g/mol. The van der Waals surface area contributed by atoms with Crippen molar-refractivity contribution in [1.82, 2.24) is 14.8 Å². The minimum Gasteiger partial charge on any atom is -0.393 e. The summed E-state index contributed by atoms with van der Waals surface area (Å²) in [5, 5.41) is 3.93. The van der Waals surface area contributed by atoms with Crippen LogP contribution in [0.4, 0.5) is 0 Å². The van der Waals surface area contributed by atoms with Crippen molar-refractivity contribution in [3.63, 3.8) is 0 Å². The second kappa shape index (κ2) is 3.43. The molecule has 0 saturated heterocycles. The van der Waals surface area contributed by atoms with Crippen LogP contribution in [0.1, 0.15) is 6.92 Å². The van der Waals surface area contributed by atoms with E-state index in [4.69, 9.17) is 18.0 Å². The van der Waals surface area contributed by atoms with E-state index in [1.165, 1.54) is 6.33 Å². The maximum absolute atomic E-state index is 5.42. The highest BCUT2D eigenvalue weighted by Crippen LogP contribution is 1.97. The zero-order chi connectivity index (χ0) is 8.27. The topological polar surface area (TPSA) is 56.7 Å². The summed E-state index contributed by atoms with van der Waals surface area (Å²) in [6, 6.07) is 0. The summed E-state index contributed by atoms with van der Waals surface area (Å²) in [6.07, 6.45) is 3.14. The van der Waals surface area contributed by atoms with Gasteiger partial charge in [0.1, 0.15) is 12.7 Å². The molecule has 0 bridgehead atoms. The maximum atomic E-state index is 5.42. The van der Waals surface area contributed by atoms with Crippen LogP contribution in [0.15, 0.2) is 12.7 Å². The number of nitrogens with two attached hydrogens (primary N) is 1. The van der Waals surface area contributed by atoms with E-state index in [1.54, 1.807) is 11.0 Å². The van der Waals surface area contributed by atoms with Gasteiger partial charge in [-0.15, -0.1) is 0 Å². The number of thiocarbonyl (C=S) groups is 1. The van der Waals surface area contributed by atoms with E-state index in [1.807, 2.05) is 6.92 Å². The molecule has 1 aromatic rings. The standard InChI is InChI=1S/C6H10N4S/c1-5(6(7)11)2-10-4-8-3-9-10/h3-5H,2H2,1H3,(H2,7,11)/t5-/m0/s1. The fourth-order valence-electron chi connectivity index (χ4n) is 0.698. The number of aromatic nitrogens is 3. The van der Waals surface area contributed by atoms with E-state index in [0.29, 0.717) is 11.5 Å². The van der Waals surface area contributed by atoms with Crippen LogP contribution in [0.5, 0.6) is 0 Å². The minimum absolute atomic E-state index is 0.173. The lowest BCUT2D eigenvalue weighted by Crippen LogP contribution is -2.23. The molecule has 0 aliphatic carbocycles. The maximum Gasteiger partial charge on any atom is 0.137 e. The van der Waals surface area contributed by atoms with Crippen LogP contribution in [-0.2, 0) is 6.54 Å². The molecule has 0 aliphatic heterocycles. The van der Waals surface area contributed by atoms with E-state index >= 15 is 0 Å². The van der Waals surface area contributed by atoms with E-state index in [-0.39, 0.29) is 5.92 Å². The van der Waals surface area contributed by atoms with Crippen LogP contribution in [-0.4, -0.2) is 19.8 Å². The van der Waals surface area contributed by atoms with Gasteiger partial charge >= 0.3 is 0 Å². The Kier molecular flexibility index (Phi) is 2.53. The van der Waals surface area contributed by atoms with Crippen molar-refractivity contribution in [2.24, 2.45) is 11.7 Å². The van der Waals surface area contributed by atoms with E-state index in [9.17, 15) is 0 Å². The first-order valence-corrected chi connectivity index (χ1v) is 3.72. The summed E-state index contributed by atoms with van der Waals surface area (Å²) in [5.74, 6) is 0.173. The van der Waals surface area contributed by atoms with Crippen LogP contribution < -0.4 is 5.73 Å². The first-order valence-electron chi connectivity index (χ1n) is 3.32. The van der Waals surface area contributed by atoms with Crippen LogP contribution in [0.25, 0.3) is 0 Å². The van der Waals surface area contributed by atoms with Crippen molar-refractivity contribution in [3.05, 3.63) is 12.7 Å². The largest absolute Gasteiger partial charge is 0.393 e. The van der Waals surface area contributed by atoms with E-state index in [0.717, 1.165) is 0 Å². The van der Waals surface area contributed by atoms with Gasteiger partial charge in [-0.1, -0.05) is 19.1 Å². The molecule has 11 heavy (non-hydrogen) atoms. The van der Waals surface area contributed by atoms with Crippen molar-refractivity contribution in [3.8, 4) is 0 Å². The fraction of sp³-hybridized carbons (Fsp3) is 0.500. The summed E-state index contributed by atoms with van der Waals surface area (Å²) >= 11 is 4.81. The summed E-state index contributed by atoms with van der Waals surface area (Å²) in [5.41, 5.74) is 5.42. The van der Waals surface area contributed by atoms with Gasteiger partial charge in [-0.3, -0.25) is 4.68 Å². The van der Waals surface area contributed by atoms with Crippen molar-refractivity contribution >= 4 is 17.2 Å². The molecule has 0 saturated carbocycles. The number of nitrogens with zero attached hydrogens (tertiary/aromatic N) is 3. The zero-order valence-corrected chi connectivity index (χ0v) is 7.08. The summed E-state index contributed by atoms with van der Waals surface area (Å²) in [7, 11) is 0. The SMILES string of the molecule is C[C@@H](Cn1cncn1)C(N)=S. The van der Waals surface area contributed by atoms with Gasteiger partial charge < -0.3 is 5.73 Å². The van der Waals surface area contributed by atoms with Gasteiger partial charge in [0.05, 0.1) is 11.5 Å². The third-order valence-corrected chi connectivity index (χ3v) is 1.82. The van der Waals surface area contributed by atoms with Gasteiger partial charge in [0, 0.05) is 5.92 Å². The predicted molar refractivity (Wildman–Crippen MR) is 46.0 cm³/mol. The van der Waals surface area contributed by atoms with E-state index < -0.39 is 0 Å². The van der Waals surface area contributed by atoms with Crippen molar-refractivity contribution in [1.29, 1.82) is 0 Å². The van der Waals surface area contributed by atoms with Gasteiger partial charge in [0.15, 0.2) is 0 Å². The van der Waals surface area contributed by atoms with Gasteiger partial charge in [-0.05, 0) is 0 Å². The molecule has 4 nitrogen and oxygen atoms in total. The second-order valence-corrected chi connectivity index (χ2v) is 2.89. The predicted octanol–water partition coefficient (Wildman–Crippen LogP) is 0.200. The zero-order valence-electron chi connectivity index (χ0n) is 6.27. The Labute approximate surface area is 70.4 Å². The van der Waals surface area contributed by atoms with E-state index in [2.05, 4.69) is 10.1 Å². The number of rotatable bonds is 3. The van der Waals surface area contributed by atoms with Crippen LogP contribution >= 0.6 is 12.2 Å². The quantitative estimate of drug-likeness (QED) is 0.658. The lowest BCUT2D eigenvalue weighted by Gasteiger charge is -2.07. The molecule has 0 radical (unpaired) electrons. The Hall–Kier alpha value is -0.970. The lowest BCUT2D eigenvalue weighted by atomic mass is 10.2. The van der Waals surface area contributed by atoms with Gasteiger partial charge in [-0.25, -0.2) is 4.98 Å². The minimum atomic E-state index is 0.173. The molecule has 1 aromatic heterocycles. The molecule has 0 aliphatic rings. The van der Waals surface area contributed by atoms with Crippen LogP contribution in [0, 0.1) is 5.92 Å². The van der Waals surface area contributed by atoms with Crippen LogP contribution in [0.3, 0.4) is 0 Å². The van der Waals surface area contributed by atoms with Crippen LogP contribution in [0.2, 0.25) is 0 Å². The molecule has 0 fully saturated rings. The molecule has 1 rings (SSSR count). The molecule has 2 N–H and O–H groups in total. The number of hydrogen-bond acceptors (Lipinski definition) is 3. The Balaban J connectivity index is 2.50.